The van der Waals surface area contributed by atoms with Gasteiger partial charge in [0, 0.05) is 5.92 Å². The van der Waals surface area contributed by atoms with Gasteiger partial charge in [-0.15, -0.1) is 0 Å². The first-order valence-corrected chi connectivity index (χ1v) is 7.61. The second kappa shape index (κ2) is 8.39. The highest BCUT2D eigenvalue weighted by molar-refractivity contribution is 5.76. The maximum absolute atomic E-state index is 13.7. The Hall–Kier alpha value is -2.48. The fourth-order valence-corrected chi connectivity index (χ4v) is 2.01. The van der Waals surface area contributed by atoms with Crippen molar-refractivity contribution in [2.24, 2.45) is 5.92 Å². The number of anilines is 1. The van der Waals surface area contributed by atoms with Crippen LogP contribution in [0.3, 0.4) is 0 Å². The first kappa shape index (κ1) is 17.9. The van der Waals surface area contributed by atoms with Crippen LogP contribution < -0.4 is 10.1 Å². The van der Waals surface area contributed by atoms with Crippen LogP contribution in [0.15, 0.2) is 30.0 Å². The Balaban J connectivity index is 1.95. The van der Waals surface area contributed by atoms with Crippen molar-refractivity contribution in [1.82, 2.24) is 9.97 Å². The Morgan fingerprint density at radius 3 is 3.04 bits per heavy atom. The van der Waals surface area contributed by atoms with Gasteiger partial charge in [0.15, 0.2) is 11.6 Å². The van der Waals surface area contributed by atoms with Gasteiger partial charge in [0.1, 0.15) is 0 Å². The van der Waals surface area contributed by atoms with Crippen LogP contribution >= 0.6 is 0 Å². The third kappa shape index (κ3) is 5.02. The van der Waals surface area contributed by atoms with E-state index in [1.807, 2.05) is 19.1 Å². The number of halogens is 1. The van der Waals surface area contributed by atoms with Crippen molar-refractivity contribution < 1.29 is 23.8 Å². The van der Waals surface area contributed by atoms with Crippen LogP contribution in [0.5, 0.6) is 6.01 Å². The molecule has 0 fully saturated rings. The van der Waals surface area contributed by atoms with E-state index in [0.717, 1.165) is 12.6 Å². The number of aliphatic hydroxyl groups excluding tert-OH is 1. The molecule has 130 valence electrons. The van der Waals surface area contributed by atoms with E-state index in [4.69, 9.17) is 4.74 Å². The van der Waals surface area contributed by atoms with Crippen molar-refractivity contribution in [3.05, 3.63) is 35.8 Å². The Morgan fingerprint density at radius 2 is 2.38 bits per heavy atom. The number of nitrogens with zero attached hydrogens (tertiary/aromatic N) is 2. The number of esters is 1. The standard InChI is InChI=1S/C16H20FN3O4/c1-3-23-15(22)14(21)19-13-12(17)8-18-16(20-13)24-9-11-6-4-10(2)5-7-11/h4-6,8,11,14,21H,3,7,9H2,1-2H3,(H,18,19,20)/t11-,14+/m0/s1. The van der Waals surface area contributed by atoms with E-state index in [2.05, 4.69) is 26.1 Å². The average Bonchev–Trinajstić information content (AvgIpc) is 2.57. The smallest absolute Gasteiger partial charge is 0.356 e. The topological polar surface area (TPSA) is 93.6 Å². The molecule has 0 saturated carbocycles. The number of nitrogens with one attached hydrogen (secondary N) is 1. The van der Waals surface area contributed by atoms with Gasteiger partial charge in [-0.1, -0.05) is 23.8 Å². The molecule has 24 heavy (non-hydrogen) atoms. The first-order valence-electron chi connectivity index (χ1n) is 7.61. The van der Waals surface area contributed by atoms with E-state index >= 15 is 0 Å². The molecule has 1 aromatic rings. The van der Waals surface area contributed by atoms with E-state index in [1.165, 1.54) is 5.57 Å². The molecule has 0 aliphatic heterocycles. The lowest BCUT2D eigenvalue weighted by Crippen LogP contribution is -2.31. The number of aromatic nitrogens is 2. The van der Waals surface area contributed by atoms with Crippen molar-refractivity contribution in [1.29, 1.82) is 0 Å². The molecule has 1 heterocycles. The summed E-state index contributed by atoms with van der Waals surface area (Å²) in [7, 11) is 0. The second-order valence-electron chi connectivity index (χ2n) is 5.26. The van der Waals surface area contributed by atoms with Gasteiger partial charge in [-0.05, 0) is 20.3 Å². The molecule has 0 radical (unpaired) electrons. The molecule has 0 amide bonds. The Morgan fingerprint density at radius 1 is 1.58 bits per heavy atom. The van der Waals surface area contributed by atoms with Crippen molar-refractivity contribution >= 4 is 11.8 Å². The first-order chi connectivity index (χ1) is 11.5. The maximum atomic E-state index is 13.7. The predicted molar refractivity (Wildman–Crippen MR) is 84.8 cm³/mol. The highest BCUT2D eigenvalue weighted by atomic mass is 19.1. The lowest BCUT2D eigenvalue weighted by Gasteiger charge is -2.16. The van der Waals surface area contributed by atoms with E-state index < -0.39 is 18.0 Å². The minimum Gasteiger partial charge on any atom is -0.463 e. The molecular formula is C16H20FN3O4. The molecule has 8 heteroatoms. The number of carbonyl (C=O) groups excluding carboxylic acids is 1. The minimum absolute atomic E-state index is 0.0466. The second-order valence-corrected chi connectivity index (χ2v) is 5.26. The summed E-state index contributed by atoms with van der Waals surface area (Å²) in [6, 6.07) is -0.0466. The summed E-state index contributed by atoms with van der Waals surface area (Å²) >= 11 is 0. The van der Waals surface area contributed by atoms with Crippen LogP contribution in [-0.4, -0.2) is 40.5 Å². The van der Waals surface area contributed by atoms with Gasteiger partial charge in [0.2, 0.25) is 6.23 Å². The van der Waals surface area contributed by atoms with Gasteiger partial charge in [-0.3, -0.25) is 0 Å². The molecular weight excluding hydrogens is 317 g/mol. The SMILES string of the molecule is CCOC(=O)[C@@H](O)Nc1nc(OC[C@H]2C=CC(C)=CC2)ncc1F. The fourth-order valence-electron chi connectivity index (χ4n) is 2.01. The molecule has 0 unspecified atom stereocenters. The van der Waals surface area contributed by atoms with Crippen LogP contribution in [0.2, 0.25) is 0 Å². The van der Waals surface area contributed by atoms with Crippen LogP contribution in [0.25, 0.3) is 0 Å². The van der Waals surface area contributed by atoms with Gasteiger partial charge in [-0.2, -0.15) is 4.98 Å². The van der Waals surface area contributed by atoms with Crippen LogP contribution in [-0.2, 0) is 9.53 Å². The molecule has 0 aromatic carbocycles. The molecule has 2 rings (SSSR count). The summed E-state index contributed by atoms with van der Waals surface area (Å²) < 4.78 is 23.8. The van der Waals surface area contributed by atoms with Crippen molar-refractivity contribution in [3.8, 4) is 6.01 Å². The van der Waals surface area contributed by atoms with Crippen molar-refractivity contribution in [2.75, 3.05) is 18.5 Å². The molecule has 0 bridgehead atoms. The van der Waals surface area contributed by atoms with Gasteiger partial charge < -0.3 is 19.9 Å². The quantitative estimate of drug-likeness (QED) is 0.579. The highest BCUT2D eigenvalue weighted by Crippen LogP contribution is 2.18. The number of allylic oxidation sites excluding steroid dienone is 3. The van der Waals surface area contributed by atoms with Gasteiger partial charge >= 0.3 is 12.0 Å². The van der Waals surface area contributed by atoms with Crippen LogP contribution in [0.1, 0.15) is 20.3 Å². The minimum atomic E-state index is -1.73. The lowest BCUT2D eigenvalue weighted by molar-refractivity contribution is -0.151. The highest BCUT2D eigenvalue weighted by Gasteiger charge is 2.19. The van der Waals surface area contributed by atoms with Gasteiger partial charge in [0.05, 0.1) is 19.4 Å². The monoisotopic (exact) mass is 337 g/mol. The predicted octanol–water partition coefficient (Wildman–Crippen LogP) is 1.81. The zero-order valence-electron chi connectivity index (χ0n) is 13.5. The Kier molecular flexibility index (Phi) is 6.25. The Bertz CT molecular complexity index is 648. The van der Waals surface area contributed by atoms with Gasteiger partial charge in [0.25, 0.3) is 0 Å². The molecule has 0 spiro atoms. The zero-order chi connectivity index (χ0) is 17.5. The number of hydrogen-bond donors (Lipinski definition) is 2. The third-order valence-corrected chi connectivity index (χ3v) is 3.31. The summed E-state index contributed by atoms with van der Waals surface area (Å²) in [6.07, 6.45) is 6.16. The number of ether oxygens (including phenoxy) is 2. The van der Waals surface area contributed by atoms with Crippen molar-refractivity contribution in [3.63, 3.8) is 0 Å². The molecule has 0 saturated heterocycles. The third-order valence-electron chi connectivity index (χ3n) is 3.31. The summed E-state index contributed by atoms with van der Waals surface area (Å²) in [5, 5.41) is 11.8. The fraction of sp³-hybridized carbons (Fsp3) is 0.438. The maximum Gasteiger partial charge on any atom is 0.356 e. The number of hydrogen-bond acceptors (Lipinski definition) is 7. The number of carbonyl (C=O) groups is 1. The molecule has 2 atom stereocenters. The lowest BCUT2D eigenvalue weighted by atomic mass is 9.98. The zero-order valence-corrected chi connectivity index (χ0v) is 13.5. The molecule has 1 aromatic heterocycles. The molecule has 1 aliphatic rings. The largest absolute Gasteiger partial charge is 0.463 e. The van der Waals surface area contributed by atoms with E-state index in [0.29, 0.717) is 6.61 Å². The summed E-state index contributed by atoms with van der Waals surface area (Å²) in [5.41, 5.74) is 1.20. The number of rotatable bonds is 7. The summed E-state index contributed by atoms with van der Waals surface area (Å²) in [4.78, 5) is 18.9. The normalized spacial score (nSPS) is 17.8. The van der Waals surface area contributed by atoms with E-state index in [1.54, 1.807) is 6.92 Å². The summed E-state index contributed by atoms with van der Waals surface area (Å²) in [5.74, 6) is -1.89. The number of aliphatic hydroxyl groups is 1. The Labute approximate surface area is 139 Å². The average molecular weight is 337 g/mol. The molecule has 1 aliphatic carbocycles. The molecule has 2 N–H and O–H groups in total. The van der Waals surface area contributed by atoms with E-state index in [-0.39, 0.29) is 24.4 Å². The van der Waals surface area contributed by atoms with Crippen LogP contribution in [0, 0.1) is 11.7 Å². The van der Waals surface area contributed by atoms with Crippen molar-refractivity contribution in [2.45, 2.75) is 26.5 Å². The van der Waals surface area contributed by atoms with E-state index in [9.17, 15) is 14.3 Å². The molecule has 7 nitrogen and oxygen atoms in total. The summed E-state index contributed by atoms with van der Waals surface area (Å²) in [6.45, 7) is 4.05. The van der Waals surface area contributed by atoms with Crippen LogP contribution in [0.4, 0.5) is 10.2 Å². The van der Waals surface area contributed by atoms with Gasteiger partial charge in [-0.25, -0.2) is 14.2 Å².